The minimum atomic E-state index is -0.913. The number of carbonyl (C=O) groups is 1. The molecule has 29 heavy (non-hydrogen) atoms. The third kappa shape index (κ3) is 4.43. The van der Waals surface area contributed by atoms with E-state index >= 15 is 0 Å². The fourth-order valence-corrected chi connectivity index (χ4v) is 4.03. The van der Waals surface area contributed by atoms with E-state index in [9.17, 15) is 4.79 Å². The van der Waals surface area contributed by atoms with Gasteiger partial charge in [-0.25, -0.2) is 0 Å². The van der Waals surface area contributed by atoms with Crippen molar-refractivity contribution >= 4 is 39.2 Å². The highest BCUT2D eigenvalue weighted by Crippen LogP contribution is 2.36. The van der Waals surface area contributed by atoms with Gasteiger partial charge in [-0.3, -0.25) is 4.79 Å². The number of fused-ring (bicyclic) bond motifs is 3. The van der Waals surface area contributed by atoms with Crippen molar-refractivity contribution in [2.75, 3.05) is 11.1 Å². The first kappa shape index (κ1) is 19.8. The Morgan fingerprint density at radius 3 is 2.76 bits per heavy atom. The summed E-state index contributed by atoms with van der Waals surface area (Å²) in [6, 6.07) is 14.8. The first-order valence-electron chi connectivity index (χ1n) is 9.35. The van der Waals surface area contributed by atoms with Crippen molar-refractivity contribution < 1.29 is 9.53 Å². The van der Waals surface area contributed by atoms with Crippen LogP contribution in [0.3, 0.4) is 0 Å². The molecule has 0 spiro atoms. The van der Waals surface area contributed by atoms with Crippen LogP contribution in [0, 0.1) is 0 Å². The fourth-order valence-electron chi connectivity index (χ4n) is 2.90. The van der Waals surface area contributed by atoms with Gasteiger partial charge < -0.3 is 10.1 Å². The summed E-state index contributed by atoms with van der Waals surface area (Å²) in [5.74, 6) is 1.04. The van der Waals surface area contributed by atoms with Crippen molar-refractivity contribution in [3.63, 3.8) is 0 Å². The number of carbonyl (C=O) groups excluding carboxylic acids is 1. The number of para-hydroxylation sites is 1. The van der Waals surface area contributed by atoms with Gasteiger partial charge in [0.05, 0.1) is 0 Å². The smallest absolute Gasteiger partial charge is 0.247 e. The van der Waals surface area contributed by atoms with E-state index in [0.717, 1.165) is 34.3 Å². The Labute approximate surface area is 181 Å². The van der Waals surface area contributed by atoms with E-state index in [-0.39, 0.29) is 5.78 Å². The molecule has 1 N–H and O–H groups in total. The summed E-state index contributed by atoms with van der Waals surface area (Å²) < 4.78 is 6.94. The minimum absolute atomic E-state index is 0.182. The SMILES string of the molecule is CCCCSc1nnc2c(n1)OC(C(=O)c1ccc(Br)cc1)Nc1ccccc1-2. The molecule has 0 saturated heterocycles. The van der Waals surface area contributed by atoms with Crippen LogP contribution in [0.1, 0.15) is 30.1 Å². The third-order valence-electron chi connectivity index (χ3n) is 4.43. The van der Waals surface area contributed by atoms with Gasteiger partial charge in [0.1, 0.15) is 0 Å². The monoisotopic (exact) mass is 470 g/mol. The predicted molar refractivity (Wildman–Crippen MR) is 117 cm³/mol. The van der Waals surface area contributed by atoms with Crippen LogP contribution in [-0.2, 0) is 0 Å². The first-order valence-corrected chi connectivity index (χ1v) is 11.1. The maximum absolute atomic E-state index is 13.1. The molecule has 0 fully saturated rings. The van der Waals surface area contributed by atoms with Crippen molar-refractivity contribution in [3.8, 4) is 17.1 Å². The lowest BCUT2D eigenvalue weighted by atomic mass is 10.1. The molecule has 0 radical (unpaired) electrons. The average molecular weight is 471 g/mol. The van der Waals surface area contributed by atoms with Gasteiger partial charge in [0.2, 0.25) is 23.0 Å². The predicted octanol–water partition coefficient (Wildman–Crippen LogP) is 5.21. The second-order valence-electron chi connectivity index (χ2n) is 6.51. The Morgan fingerprint density at radius 2 is 1.97 bits per heavy atom. The lowest BCUT2D eigenvalue weighted by Gasteiger charge is -2.17. The summed E-state index contributed by atoms with van der Waals surface area (Å²) >= 11 is 4.93. The molecule has 1 aliphatic heterocycles. The van der Waals surface area contributed by atoms with E-state index in [1.165, 1.54) is 11.8 Å². The fraction of sp³-hybridized carbons (Fsp3) is 0.238. The lowest BCUT2D eigenvalue weighted by molar-refractivity contribution is 0.0823. The molecule has 0 bridgehead atoms. The van der Waals surface area contributed by atoms with Crippen LogP contribution in [0.4, 0.5) is 5.69 Å². The maximum atomic E-state index is 13.1. The van der Waals surface area contributed by atoms with E-state index in [0.29, 0.717) is 22.3 Å². The van der Waals surface area contributed by atoms with Crippen molar-refractivity contribution in [2.24, 2.45) is 0 Å². The number of rotatable bonds is 6. The number of halogens is 1. The maximum Gasteiger partial charge on any atom is 0.247 e. The largest absolute Gasteiger partial charge is 0.444 e. The number of hydrogen-bond acceptors (Lipinski definition) is 7. The van der Waals surface area contributed by atoms with Crippen LogP contribution >= 0.6 is 27.7 Å². The van der Waals surface area contributed by atoms with Gasteiger partial charge in [-0.05, 0) is 24.6 Å². The number of hydrogen-bond donors (Lipinski definition) is 1. The second-order valence-corrected chi connectivity index (χ2v) is 8.49. The number of nitrogens with zero attached hydrogens (tertiary/aromatic N) is 3. The van der Waals surface area contributed by atoms with Gasteiger partial charge in [-0.2, -0.15) is 4.98 Å². The van der Waals surface area contributed by atoms with Crippen molar-refractivity contribution in [2.45, 2.75) is 31.1 Å². The third-order valence-corrected chi connectivity index (χ3v) is 5.88. The molecule has 1 aliphatic rings. The highest BCUT2D eigenvalue weighted by atomic mass is 79.9. The van der Waals surface area contributed by atoms with E-state index < -0.39 is 6.23 Å². The molecule has 2 heterocycles. The zero-order valence-corrected chi connectivity index (χ0v) is 18.2. The number of Topliss-reactive ketones (excluding diaryl/α,β-unsaturated/α-hetero) is 1. The molecule has 3 aromatic rings. The van der Waals surface area contributed by atoms with E-state index in [4.69, 9.17) is 4.74 Å². The highest BCUT2D eigenvalue weighted by Gasteiger charge is 2.30. The molecule has 1 atom stereocenters. The number of benzene rings is 2. The molecule has 2 aromatic carbocycles. The van der Waals surface area contributed by atoms with Crippen molar-refractivity contribution in [1.82, 2.24) is 15.2 Å². The van der Waals surface area contributed by atoms with Gasteiger partial charge >= 0.3 is 0 Å². The Kier molecular flexibility index (Phi) is 6.10. The minimum Gasteiger partial charge on any atom is -0.444 e. The van der Waals surface area contributed by atoms with E-state index in [1.54, 1.807) is 12.1 Å². The van der Waals surface area contributed by atoms with Gasteiger partial charge in [0.25, 0.3) is 0 Å². The highest BCUT2D eigenvalue weighted by molar-refractivity contribution is 9.10. The molecule has 4 rings (SSSR count). The van der Waals surface area contributed by atoms with Crippen LogP contribution in [0.15, 0.2) is 58.2 Å². The summed E-state index contributed by atoms with van der Waals surface area (Å²) in [5.41, 5.74) is 2.63. The van der Waals surface area contributed by atoms with Crippen molar-refractivity contribution in [3.05, 3.63) is 58.6 Å². The summed E-state index contributed by atoms with van der Waals surface area (Å²) in [4.78, 5) is 17.7. The molecule has 0 aliphatic carbocycles. The van der Waals surface area contributed by atoms with Gasteiger partial charge in [0.15, 0.2) is 5.69 Å². The van der Waals surface area contributed by atoms with E-state index in [2.05, 4.69) is 43.4 Å². The number of thioether (sulfide) groups is 1. The molecule has 0 amide bonds. The van der Waals surface area contributed by atoms with Crippen LogP contribution in [0.25, 0.3) is 11.3 Å². The molecule has 6 nitrogen and oxygen atoms in total. The summed E-state index contributed by atoms with van der Waals surface area (Å²) in [7, 11) is 0. The van der Waals surface area contributed by atoms with Gasteiger partial charge in [0, 0.05) is 27.0 Å². The van der Waals surface area contributed by atoms with Crippen LogP contribution < -0.4 is 10.1 Å². The average Bonchev–Trinajstić information content (AvgIpc) is 2.90. The number of aromatic nitrogens is 3. The van der Waals surface area contributed by atoms with Gasteiger partial charge in [-0.15, -0.1) is 10.2 Å². The zero-order valence-electron chi connectivity index (χ0n) is 15.8. The molecule has 1 aromatic heterocycles. The Hall–Kier alpha value is -2.45. The standard InChI is InChI=1S/C21H19BrN4O2S/c1-2-3-12-29-21-24-19-17(25-26-21)15-6-4-5-7-16(15)23-20(28-19)18(27)13-8-10-14(22)11-9-13/h4-11,20,23H,2-3,12H2,1H3. The summed E-state index contributed by atoms with van der Waals surface area (Å²) in [6.45, 7) is 2.14. The summed E-state index contributed by atoms with van der Waals surface area (Å²) in [5, 5.41) is 12.3. The van der Waals surface area contributed by atoms with Crippen LogP contribution in [0.5, 0.6) is 5.88 Å². The first-order chi connectivity index (χ1) is 14.2. The molecule has 0 saturated carbocycles. The van der Waals surface area contributed by atoms with Crippen LogP contribution in [-0.4, -0.2) is 32.9 Å². The number of unbranched alkanes of at least 4 members (excludes halogenated alkanes) is 1. The van der Waals surface area contributed by atoms with Crippen molar-refractivity contribution in [1.29, 1.82) is 0 Å². The zero-order chi connectivity index (χ0) is 20.2. The Balaban J connectivity index is 1.70. The molecule has 1 unspecified atom stereocenters. The number of ether oxygens (including phenoxy) is 1. The number of ketones is 1. The topological polar surface area (TPSA) is 77.0 Å². The molecular weight excluding hydrogens is 452 g/mol. The van der Waals surface area contributed by atoms with Gasteiger partial charge in [-0.1, -0.05) is 71.4 Å². The van der Waals surface area contributed by atoms with E-state index in [1.807, 2.05) is 36.4 Å². The summed E-state index contributed by atoms with van der Waals surface area (Å²) in [6.07, 6.45) is 1.26. The normalized spacial score (nSPS) is 14.8. The second kappa shape index (κ2) is 8.92. The van der Waals surface area contributed by atoms with Crippen LogP contribution in [0.2, 0.25) is 0 Å². The Morgan fingerprint density at radius 1 is 1.17 bits per heavy atom. The molecule has 148 valence electrons. The quantitative estimate of drug-likeness (QED) is 0.301. The lowest BCUT2D eigenvalue weighted by Crippen LogP contribution is -2.35. The molecule has 8 heteroatoms. The number of anilines is 1. The molecular formula is C21H19BrN4O2S. The Bertz CT molecular complexity index is 1030. The number of nitrogens with one attached hydrogen (secondary N) is 1.